The molecule has 26 heavy (non-hydrogen) atoms. The van der Waals surface area contributed by atoms with Crippen LogP contribution >= 0.6 is 0 Å². The standard InChI is InChI=1S/C17H26N2O7/c1-4-9(3)11(15(21)19-8-6-7-10(19)16(22)23)18-14(20)12-13(26-12)17(24)25-5-2/h9-13H,4-8H2,1-3H3,(H,18,20)(H,22,23)/t9-,10-,11-,12?,13?/m0/s1. The molecule has 5 atom stereocenters. The summed E-state index contributed by atoms with van der Waals surface area (Å²) in [6.45, 7) is 5.88. The second-order valence-electron chi connectivity index (χ2n) is 6.63. The zero-order chi connectivity index (χ0) is 19.4. The minimum absolute atomic E-state index is 0.187. The third-order valence-corrected chi connectivity index (χ3v) is 4.87. The second-order valence-corrected chi connectivity index (χ2v) is 6.63. The van der Waals surface area contributed by atoms with Gasteiger partial charge >= 0.3 is 11.9 Å². The van der Waals surface area contributed by atoms with E-state index in [1.807, 2.05) is 13.8 Å². The van der Waals surface area contributed by atoms with Crippen LogP contribution in [0.25, 0.3) is 0 Å². The summed E-state index contributed by atoms with van der Waals surface area (Å²) in [4.78, 5) is 49.5. The number of nitrogens with zero attached hydrogens (tertiary/aromatic N) is 1. The number of amides is 2. The molecule has 2 saturated heterocycles. The number of esters is 1. The van der Waals surface area contributed by atoms with Crippen molar-refractivity contribution in [3.63, 3.8) is 0 Å². The number of carbonyl (C=O) groups is 4. The van der Waals surface area contributed by atoms with Crippen molar-refractivity contribution in [3.8, 4) is 0 Å². The van der Waals surface area contributed by atoms with E-state index in [0.29, 0.717) is 25.8 Å². The van der Waals surface area contributed by atoms with E-state index >= 15 is 0 Å². The quantitative estimate of drug-likeness (QED) is 0.452. The molecule has 2 amide bonds. The van der Waals surface area contributed by atoms with Crippen LogP contribution in [0.2, 0.25) is 0 Å². The molecule has 2 aliphatic rings. The van der Waals surface area contributed by atoms with Crippen molar-refractivity contribution in [2.24, 2.45) is 5.92 Å². The summed E-state index contributed by atoms with van der Waals surface area (Å²) in [5, 5.41) is 11.9. The summed E-state index contributed by atoms with van der Waals surface area (Å²) in [5.74, 6) is -2.82. The molecule has 2 heterocycles. The van der Waals surface area contributed by atoms with Crippen LogP contribution < -0.4 is 5.32 Å². The Morgan fingerprint density at radius 2 is 1.96 bits per heavy atom. The van der Waals surface area contributed by atoms with Gasteiger partial charge in [0.15, 0.2) is 12.2 Å². The number of rotatable bonds is 8. The summed E-state index contributed by atoms with van der Waals surface area (Å²) in [7, 11) is 0. The van der Waals surface area contributed by atoms with Crippen LogP contribution in [-0.2, 0) is 28.7 Å². The lowest BCUT2D eigenvalue weighted by atomic mass is 9.97. The van der Waals surface area contributed by atoms with Crippen molar-refractivity contribution in [1.82, 2.24) is 10.2 Å². The Kier molecular flexibility index (Phi) is 6.57. The normalized spacial score (nSPS) is 26.7. The summed E-state index contributed by atoms with van der Waals surface area (Å²) < 4.78 is 9.87. The Hall–Kier alpha value is -2.16. The molecule has 0 aromatic carbocycles. The molecule has 2 N–H and O–H groups in total. The van der Waals surface area contributed by atoms with E-state index in [4.69, 9.17) is 9.47 Å². The smallest absolute Gasteiger partial charge is 0.338 e. The Morgan fingerprint density at radius 3 is 2.54 bits per heavy atom. The number of ether oxygens (including phenoxy) is 2. The van der Waals surface area contributed by atoms with Crippen LogP contribution in [0.4, 0.5) is 0 Å². The fourth-order valence-electron chi connectivity index (χ4n) is 3.10. The third-order valence-electron chi connectivity index (χ3n) is 4.87. The highest BCUT2D eigenvalue weighted by molar-refractivity contribution is 5.96. The van der Waals surface area contributed by atoms with E-state index in [9.17, 15) is 24.3 Å². The third kappa shape index (κ3) is 4.32. The van der Waals surface area contributed by atoms with Crippen LogP contribution in [0.5, 0.6) is 0 Å². The van der Waals surface area contributed by atoms with Gasteiger partial charge in [-0.25, -0.2) is 9.59 Å². The van der Waals surface area contributed by atoms with Crippen LogP contribution in [0.3, 0.4) is 0 Å². The van der Waals surface area contributed by atoms with E-state index in [0.717, 1.165) is 0 Å². The highest BCUT2D eigenvalue weighted by Gasteiger charge is 2.52. The van der Waals surface area contributed by atoms with Gasteiger partial charge in [-0.3, -0.25) is 9.59 Å². The van der Waals surface area contributed by atoms with Gasteiger partial charge in [-0.15, -0.1) is 0 Å². The summed E-state index contributed by atoms with van der Waals surface area (Å²) in [5.41, 5.74) is 0. The Bertz CT molecular complexity index is 579. The lowest BCUT2D eigenvalue weighted by molar-refractivity contribution is -0.150. The minimum Gasteiger partial charge on any atom is -0.480 e. The Morgan fingerprint density at radius 1 is 1.27 bits per heavy atom. The summed E-state index contributed by atoms with van der Waals surface area (Å²) in [6.07, 6.45) is -0.280. The minimum atomic E-state index is -1.04. The first kappa shape index (κ1) is 20.2. The lowest BCUT2D eigenvalue weighted by Gasteiger charge is -2.30. The molecule has 0 aromatic heterocycles. The first-order valence-corrected chi connectivity index (χ1v) is 8.97. The van der Waals surface area contributed by atoms with Gasteiger partial charge < -0.3 is 24.8 Å². The molecule has 9 nitrogen and oxygen atoms in total. The largest absolute Gasteiger partial charge is 0.480 e. The van der Waals surface area contributed by atoms with E-state index in [1.54, 1.807) is 6.92 Å². The monoisotopic (exact) mass is 370 g/mol. The molecule has 2 rings (SSSR count). The van der Waals surface area contributed by atoms with Crippen molar-refractivity contribution in [1.29, 1.82) is 0 Å². The van der Waals surface area contributed by atoms with Crippen LogP contribution in [-0.4, -0.2) is 71.2 Å². The van der Waals surface area contributed by atoms with E-state index in [2.05, 4.69) is 5.32 Å². The topological polar surface area (TPSA) is 126 Å². The fourth-order valence-corrected chi connectivity index (χ4v) is 3.10. The number of carbonyl (C=O) groups excluding carboxylic acids is 3. The SMILES string of the molecule is CCOC(=O)C1OC1C(=O)N[C@H](C(=O)N1CCC[C@H]1C(=O)O)[C@@H](C)CC. The van der Waals surface area contributed by atoms with Crippen molar-refractivity contribution in [2.45, 2.75) is 64.3 Å². The van der Waals surface area contributed by atoms with Crippen LogP contribution in [0.15, 0.2) is 0 Å². The van der Waals surface area contributed by atoms with Crippen molar-refractivity contribution >= 4 is 23.8 Å². The second kappa shape index (κ2) is 8.48. The number of aliphatic carboxylic acids is 1. The van der Waals surface area contributed by atoms with Crippen molar-refractivity contribution in [3.05, 3.63) is 0 Å². The molecule has 0 bridgehead atoms. The van der Waals surface area contributed by atoms with Gasteiger partial charge in [-0.05, 0) is 25.7 Å². The molecule has 0 aliphatic carbocycles. The van der Waals surface area contributed by atoms with Crippen LogP contribution in [0.1, 0.15) is 40.0 Å². The highest BCUT2D eigenvalue weighted by atomic mass is 16.6. The maximum absolute atomic E-state index is 12.9. The Labute approximate surface area is 152 Å². The van der Waals surface area contributed by atoms with Gasteiger partial charge in [0.2, 0.25) is 5.91 Å². The molecule has 0 radical (unpaired) electrons. The van der Waals surface area contributed by atoms with Gasteiger partial charge in [0.25, 0.3) is 5.91 Å². The van der Waals surface area contributed by atoms with Crippen molar-refractivity contribution in [2.75, 3.05) is 13.2 Å². The number of hydrogen-bond donors (Lipinski definition) is 2. The predicted molar refractivity (Wildman–Crippen MR) is 89.1 cm³/mol. The molecule has 2 aliphatic heterocycles. The first-order valence-electron chi connectivity index (χ1n) is 8.97. The zero-order valence-electron chi connectivity index (χ0n) is 15.3. The number of carboxylic acids is 1. The summed E-state index contributed by atoms with van der Waals surface area (Å²) in [6, 6.07) is -1.73. The van der Waals surface area contributed by atoms with Gasteiger partial charge in [-0.2, -0.15) is 0 Å². The molecule has 2 fully saturated rings. The molecule has 146 valence electrons. The van der Waals surface area contributed by atoms with Crippen molar-refractivity contribution < 1.29 is 33.8 Å². The molecule has 9 heteroatoms. The lowest BCUT2D eigenvalue weighted by Crippen LogP contribution is -2.55. The number of hydrogen-bond acceptors (Lipinski definition) is 6. The van der Waals surface area contributed by atoms with E-state index in [-0.39, 0.29) is 12.5 Å². The number of carboxylic acid groups (broad SMARTS) is 1. The number of epoxide rings is 1. The summed E-state index contributed by atoms with van der Waals surface area (Å²) >= 11 is 0. The van der Waals surface area contributed by atoms with Crippen LogP contribution in [0, 0.1) is 5.92 Å². The van der Waals surface area contributed by atoms with E-state index < -0.39 is 48.0 Å². The molecule has 0 saturated carbocycles. The fraction of sp³-hybridized carbons (Fsp3) is 0.765. The maximum atomic E-state index is 12.9. The van der Waals surface area contributed by atoms with Gasteiger partial charge in [-0.1, -0.05) is 20.3 Å². The molecular weight excluding hydrogens is 344 g/mol. The van der Waals surface area contributed by atoms with Gasteiger partial charge in [0.1, 0.15) is 12.1 Å². The predicted octanol–water partition coefficient (Wildman–Crippen LogP) is -0.0766. The molecular formula is C17H26N2O7. The molecule has 0 spiro atoms. The average Bonchev–Trinajstić information content (AvgIpc) is 3.26. The number of likely N-dealkylation sites (tertiary alicyclic amines) is 1. The van der Waals surface area contributed by atoms with E-state index in [1.165, 1.54) is 4.90 Å². The molecule has 2 unspecified atom stereocenters. The average molecular weight is 370 g/mol. The number of nitrogens with one attached hydrogen (secondary N) is 1. The zero-order valence-corrected chi connectivity index (χ0v) is 15.3. The Balaban J connectivity index is 2.04. The highest BCUT2D eigenvalue weighted by Crippen LogP contribution is 2.25. The maximum Gasteiger partial charge on any atom is 0.338 e. The molecule has 0 aromatic rings. The first-order chi connectivity index (χ1) is 12.3. The van der Waals surface area contributed by atoms with Gasteiger partial charge in [0.05, 0.1) is 6.61 Å². The van der Waals surface area contributed by atoms with Gasteiger partial charge in [0, 0.05) is 6.54 Å².